The van der Waals surface area contributed by atoms with Gasteiger partial charge in [0.15, 0.2) is 11.6 Å². The van der Waals surface area contributed by atoms with Gasteiger partial charge >= 0.3 is 0 Å². The summed E-state index contributed by atoms with van der Waals surface area (Å²) in [5.41, 5.74) is 10.2. The van der Waals surface area contributed by atoms with Gasteiger partial charge in [0.25, 0.3) is 0 Å². The molecule has 0 bridgehead atoms. The molecule has 0 aliphatic carbocycles. The Kier molecular flexibility index (Phi) is 8.51. The highest BCUT2D eigenvalue weighted by Gasteiger charge is 2.07. The molecule has 0 aliphatic heterocycles. The van der Waals surface area contributed by atoms with Crippen LogP contribution in [-0.2, 0) is 13.0 Å². The van der Waals surface area contributed by atoms with Crippen LogP contribution >= 0.6 is 12.4 Å². The lowest BCUT2D eigenvalue weighted by Crippen LogP contribution is -2.28. The van der Waals surface area contributed by atoms with Gasteiger partial charge in [-0.1, -0.05) is 36.4 Å². The molecule has 148 valence electrons. The molecule has 1 aromatic heterocycles. The van der Waals surface area contributed by atoms with Crippen molar-refractivity contribution >= 4 is 12.4 Å². The van der Waals surface area contributed by atoms with Crippen LogP contribution in [0.2, 0.25) is 0 Å². The molecule has 6 heteroatoms. The first-order valence-electron chi connectivity index (χ1n) is 9.01. The predicted octanol–water partition coefficient (Wildman–Crippen LogP) is 4.50. The Balaban J connectivity index is 0.00000280. The number of aromatic nitrogens is 1. The molecule has 3 rings (SSSR count). The van der Waals surface area contributed by atoms with Crippen molar-refractivity contribution in [2.75, 3.05) is 6.54 Å². The van der Waals surface area contributed by atoms with E-state index in [0.29, 0.717) is 12.0 Å². The molecule has 3 aromatic rings. The number of hydrogen-bond acceptors (Lipinski definition) is 3. The maximum Gasteiger partial charge on any atom is 0.159 e. The van der Waals surface area contributed by atoms with Crippen molar-refractivity contribution in [3.8, 4) is 11.1 Å². The molecule has 3 nitrogen and oxygen atoms in total. The highest BCUT2D eigenvalue weighted by atomic mass is 35.5. The molecular formula is C22H24ClF2N3. The van der Waals surface area contributed by atoms with Gasteiger partial charge in [0, 0.05) is 25.0 Å². The average Bonchev–Trinajstić information content (AvgIpc) is 2.69. The van der Waals surface area contributed by atoms with E-state index in [1.807, 2.05) is 18.3 Å². The van der Waals surface area contributed by atoms with E-state index in [0.717, 1.165) is 36.7 Å². The summed E-state index contributed by atoms with van der Waals surface area (Å²) < 4.78 is 26.2. The fourth-order valence-corrected chi connectivity index (χ4v) is 2.94. The number of pyridine rings is 1. The maximum absolute atomic E-state index is 13.2. The van der Waals surface area contributed by atoms with Crippen molar-refractivity contribution in [3.63, 3.8) is 0 Å². The largest absolute Gasteiger partial charge is 0.327 e. The topological polar surface area (TPSA) is 50.9 Å². The van der Waals surface area contributed by atoms with Gasteiger partial charge in [0.2, 0.25) is 0 Å². The van der Waals surface area contributed by atoms with Crippen LogP contribution < -0.4 is 11.1 Å². The second-order valence-corrected chi connectivity index (χ2v) is 6.62. The van der Waals surface area contributed by atoms with Crippen molar-refractivity contribution in [2.45, 2.75) is 25.4 Å². The third-order valence-corrected chi connectivity index (χ3v) is 4.45. The predicted molar refractivity (Wildman–Crippen MR) is 111 cm³/mol. The van der Waals surface area contributed by atoms with Gasteiger partial charge in [-0.25, -0.2) is 8.78 Å². The Bertz CT molecular complexity index is 857. The van der Waals surface area contributed by atoms with Crippen molar-refractivity contribution in [1.29, 1.82) is 0 Å². The summed E-state index contributed by atoms with van der Waals surface area (Å²) in [6, 6.07) is 16.2. The average molecular weight is 404 g/mol. The zero-order valence-electron chi connectivity index (χ0n) is 15.4. The summed E-state index contributed by atoms with van der Waals surface area (Å²) >= 11 is 0. The van der Waals surface area contributed by atoms with Gasteiger partial charge in [-0.2, -0.15) is 0 Å². The molecule has 28 heavy (non-hydrogen) atoms. The molecule has 3 N–H and O–H groups in total. The first-order valence-corrected chi connectivity index (χ1v) is 9.01. The van der Waals surface area contributed by atoms with E-state index in [4.69, 9.17) is 5.73 Å². The second kappa shape index (κ2) is 10.9. The van der Waals surface area contributed by atoms with Crippen LogP contribution in [-0.4, -0.2) is 17.6 Å². The van der Waals surface area contributed by atoms with Crippen LogP contribution in [0.15, 0.2) is 67.0 Å². The van der Waals surface area contributed by atoms with Crippen molar-refractivity contribution in [1.82, 2.24) is 10.3 Å². The fraction of sp³-hybridized carbons (Fsp3) is 0.227. The Morgan fingerprint density at radius 3 is 2.36 bits per heavy atom. The van der Waals surface area contributed by atoms with Gasteiger partial charge in [-0.05, 0) is 59.8 Å². The van der Waals surface area contributed by atoms with Crippen molar-refractivity contribution < 1.29 is 8.78 Å². The van der Waals surface area contributed by atoms with E-state index < -0.39 is 11.6 Å². The second-order valence-electron chi connectivity index (χ2n) is 6.62. The van der Waals surface area contributed by atoms with Crippen LogP contribution in [0.3, 0.4) is 0 Å². The highest BCUT2D eigenvalue weighted by Crippen LogP contribution is 2.18. The van der Waals surface area contributed by atoms with E-state index >= 15 is 0 Å². The minimum atomic E-state index is -0.830. The molecule has 1 heterocycles. The third-order valence-electron chi connectivity index (χ3n) is 4.45. The Morgan fingerprint density at radius 2 is 1.68 bits per heavy atom. The first-order chi connectivity index (χ1) is 13.1. The van der Waals surface area contributed by atoms with Crippen LogP contribution in [0.5, 0.6) is 0 Å². The molecule has 0 unspecified atom stereocenters. The maximum atomic E-state index is 13.2. The summed E-state index contributed by atoms with van der Waals surface area (Å²) in [5.74, 6) is -1.66. The van der Waals surface area contributed by atoms with Gasteiger partial charge in [0.1, 0.15) is 0 Å². The van der Waals surface area contributed by atoms with Crippen molar-refractivity contribution in [3.05, 3.63) is 89.8 Å². The lowest BCUT2D eigenvalue weighted by molar-refractivity contribution is 0.504. The Morgan fingerprint density at radius 1 is 0.929 bits per heavy atom. The van der Waals surface area contributed by atoms with E-state index in [-0.39, 0.29) is 18.4 Å². The SMILES string of the molecule is Cl.N[C@@H](CCNCc1ccc(-c2cccnc2)cc1)Cc1ccc(F)c(F)c1. The van der Waals surface area contributed by atoms with Gasteiger partial charge in [-0.15, -0.1) is 12.4 Å². The number of halogens is 3. The first kappa shape index (κ1) is 22.0. The zero-order chi connectivity index (χ0) is 19.1. The van der Waals surface area contributed by atoms with Crippen LogP contribution in [0.1, 0.15) is 17.5 Å². The van der Waals surface area contributed by atoms with Crippen LogP contribution in [0.25, 0.3) is 11.1 Å². The van der Waals surface area contributed by atoms with E-state index in [9.17, 15) is 8.78 Å². The summed E-state index contributed by atoms with van der Waals surface area (Å²) in [5, 5.41) is 3.37. The number of nitrogens with one attached hydrogen (secondary N) is 1. The molecule has 0 aliphatic rings. The Labute approximate surface area is 170 Å². The monoisotopic (exact) mass is 403 g/mol. The molecule has 0 fully saturated rings. The minimum Gasteiger partial charge on any atom is -0.327 e. The number of nitrogens with zero attached hydrogens (tertiary/aromatic N) is 1. The molecule has 0 saturated carbocycles. The molecule has 0 spiro atoms. The zero-order valence-corrected chi connectivity index (χ0v) is 16.3. The summed E-state index contributed by atoms with van der Waals surface area (Å²) in [4.78, 5) is 4.14. The van der Waals surface area contributed by atoms with Crippen LogP contribution in [0, 0.1) is 11.6 Å². The van der Waals surface area contributed by atoms with E-state index in [1.165, 1.54) is 11.6 Å². The van der Waals surface area contributed by atoms with Gasteiger partial charge in [0.05, 0.1) is 0 Å². The summed E-state index contributed by atoms with van der Waals surface area (Å²) in [6.07, 6.45) is 4.89. The molecular weight excluding hydrogens is 380 g/mol. The molecule has 1 atom stereocenters. The third kappa shape index (κ3) is 6.37. The molecule has 2 aromatic carbocycles. The highest BCUT2D eigenvalue weighted by molar-refractivity contribution is 5.85. The molecule has 0 radical (unpaired) electrons. The quantitative estimate of drug-likeness (QED) is 0.544. The molecule has 0 saturated heterocycles. The lowest BCUT2D eigenvalue weighted by Gasteiger charge is -2.13. The normalized spacial score (nSPS) is 11.7. The number of rotatable bonds is 8. The molecule has 0 amide bonds. The lowest BCUT2D eigenvalue weighted by atomic mass is 10.0. The number of benzene rings is 2. The fourth-order valence-electron chi connectivity index (χ4n) is 2.94. The summed E-state index contributed by atoms with van der Waals surface area (Å²) in [7, 11) is 0. The Hall–Kier alpha value is -2.34. The summed E-state index contributed by atoms with van der Waals surface area (Å²) in [6.45, 7) is 1.51. The van der Waals surface area contributed by atoms with E-state index in [2.05, 4.69) is 34.6 Å². The number of nitrogens with two attached hydrogens (primary N) is 1. The van der Waals surface area contributed by atoms with Gasteiger partial charge < -0.3 is 11.1 Å². The van der Waals surface area contributed by atoms with Crippen molar-refractivity contribution in [2.24, 2.45) is 5.73 Å². The standard InChI is InChI=1S/C22H23F2N3.ClH/c23-21-8-5-17(13-22(21)24)12-20(25)9-11-27-14-16-3-6-18(7-4-16)19-2-1-10-26-15-19;/h1-8,10,13,15,20,27H,9,11-12,14,25H2;1H/t20-;/m0./s1. The number of hydrogen-bond donors (Lipinski definition) is 2. The van der Waals surface area contributed by atoms with Crippen LogP contribution in [0.4, 0.5) is 8.78 Å². The smallest absolute Gasteiger partial charge is 0.159 e. The minimum absolute atomic E-state index is 0. The van der Waals surface area contributed by atoms with Gasteiger partial charge in [-0.3, -0.25) is 4.98 Å². The van der Waals surface area contributed by atoms with E-state index in [1.54, 1.807) is 12.3 Å².